The van der Waals surface area contributed by atoms with E-state index in [9.17, 15) is 10.1 Å². The van der Waals surface area contributed by atoms with E-state index in [-0.39, 0.29) is 11.0 Å². The Bertz CT molecular complexity index is 199. The highest BCUT2D eigenvalue weighted by atomic mass is 16.6. The molecule has 5 nitrogen and oxygen atoms in total. The van der Waals surface area contributed by atoms with Crippen LogP contribution in [0.25, 0.3) is 0 Å². The lowest BCUT2D eigenvalue weighted by molar-refractivity contribution is -0.527. The van der Waals surface area contributed by atoms with Crippen molar-refractivity contribution >= 4 is 0 Å². The Labute approximate surface area is 90.4 Å². The van der Waals surface area contributed by atoms with Crippen LogP contribution >= 0.6 is 0 Å². The van der Waals surface area contributed by atoms with E-state index in [1.165, 1.54) is 0 Å². The lowest BCUT2D eigenvalue weighted by Crippen LogP contribution is -2.30. The van der Waals surface area contributed by atoms with Crippen molar-refractivity contribution in [3.8, 4) is 0 Å². The molecule has 0 aliphatic heterocycles. The number of rotatable bonds is 5. The summed E-state index contributed by atoms with van der Waals surface area (Å²) in [5.41, 5.74) is 11.2. The van der Waals surface area contributed by atoms with Crippen LogP contribution in [0.4, 0.5) is 0 Å². The van der Waals surface area contributed by atoms with E-state index in [1.807, 2.05) is 0 Å². The second kappa shape index (κ2) is 6.02. The molecule has 0 heterocycles. The van der Waals surface area contributed by atoms with Gasteiger partial charge in [0.2, 0.25) is 6.04 Å². The molecule has 1 aliphatic carbocycles. The normalized spacial score (nSPS) is 26.9. The number of hydrogen-bond donors (Lipinski definition) is 2. The quantitative estimate of drug-likeness (QED) is 0.522. The Morgan fingerprint density at radius 1 is 1.20 bits per heavy atom. The molecule has 0 bridgehead atoms. The minimum absolute atomic E-state index is 0.139. The molecule has 0 radical (unpaired) electrons. The second-order valence-corrected chi connectivity index (χ2v) is 4.53. The molecule has 0 atom stereocenters. The summed E-state index contributed by atoms with van der Waals surface area (Å²) in [5.74, 6) is 0.987. The van der Waals surface area contributed by atoms with Gasteiger partial charge in [-0.25, -0.2) is 0 Å². The average Bonchev–Trinajstić information content (AvgIpc) is 2.26. The lowest BCUT2D eigenvalue weighted by Gasteiger charge is -2.26. The van der Waals surface area contributed by atoms with Gasteiger partial charge in [0.25, 0.3) is 0 Å². The second-order valence-electron chi connectivity index (χ2n) is 4.53. The van der Waals surface area contributed by atoms with Gasteiger partial charge in [-0.2, -0.15) is 0 Å². The Morgan fingerprint density at radius 2 is 1.73 bits per heavy atom. The molecule has 1 rings (SSSR count). The molecular formula is C10H21N3O2. The molecule has 0 aromatic carbocycles. The highest BCUT2D eigenvalue weighted by Crippen LogP contribution is 2.30. The number of nitrogens with two attached hydrogens (primary N) is 2. The maximum Gasteiger partial charge on any atom is 0.213 e. The monoisotopic (exact) mass is 215 g/mol. The molecule has 1 fully saturated rings. The Balaban J connectivity index is 2.28. The Hall–Kier alpha value is -0.680. The molecule has 0 unspecified atom stereocenters. The molecule has 0 spiro atoms. The van der Waals surface area contributed by atoms with E-state index in [0.717, 1.165) is 32.1 Å². The van der Waals surface area contributed by atoms with Crippen molar-refractivity contribution < 1.29 is 4.92 Å². The molecular weight excluding hydrogens is 194 g/mol. The summed E-state index contributed by atoms with van der Waals surface area (Å²) < 4.78 is 0. The topological polar surface area (TPSA) is 95.2 Å². The van der Waals surface area contributed by atoms with Gasteiger partial charge in [0.05, 0.1) is 0 Å². The smallest absolute Gasteiger partial charge is 0.213 e. The van der Waals surface area contributed by atoms with Crippen molar-refractivity contribution in [2.24, 2.45) is 23.3 Å². The van der Waals surface area contributed by atoms with Crippen LogP contribution in [0.15, 0.2) is 0 Å². The fraction of sp³-hybridized carbons (Fsp3) is 1.00. The van der Waals surface area contributed by atoms with Crippen molar-refractivity contribution in [1.29, 1.82) is 0 Å². The van der Waals surface area contributed by atoms with Gasteiger partial charge in [0.1, 0.15) is 0 Å². The fourth-order valence-corrected chi connectivity index (χ4v) is 2.35. The van der Waals surface area contributed by atoms with E-state index >= 15 is 0 Å². The molecule has 15 heavy (non-hydrogen) atoms. The Kier molecular flexibility index (Phi) is 4.98. The van der Waals surface area contributed by atoms with Crippen molar-refractivity contribution in [3.05, 3.63) is 10.1 Å². The fourth-order valence-electron chi connectivity index (χ4n) is 2.35. The molecule has 4 N–H and O–H groups in total. The van der Waals surface area contributed by atoms with Crippen LogP contribution in [0.2, 0.25) is 0 Å². The first-order valence-corrected chi connectivity index (χ1v) is 5.71. The van der Waals surface area contributed by atoms with Crippen molar-refractivity contribution in [2.75, 3.05) is 13.1 Å². The van der Waals surface area contributed by atoms with Gasteiger partial charge in [-0.3, -0.25) is 10.1 Å². The van der Waals surface area contributed by atoms with Gasteiger partial charge < -0.3 is 11.5 Å². The molecule has 0 amide bonds. The van der Waals surface area contributed by atoms with Gasteiger partial charge in [-0.05, 0) is 44.2 Å². The number of hydrogen-bond acceptors (Lipinski definition) is 4. The van der Waals surface area contributed by atoms with E-state index in [0.29, 0.717) is 24.9 Å². The molecule has 0 saturated heterocycles. The van der Waals surface area contributed by atoms with Crippen LogP contribution in [0.5, 0.6) is 0 Å². The van der Waals surface area contributed by atoms with Crippen molar-refractivity contribution in [1.82, 2.24) is 0 Å². The predicted octanol–water partition coefficient (Wildman–Crippen LogP) is 0.746. The van der Waals surface area contributed by atoms with Crippen LogP contribution in [-0.4, -0.2) is 24.1 Å². The highest BCUT2D eigenvalue weighted by molar-refractivity contribution is 4.75. The summed E-state index contributed by atoms with van der Waals surface area (Å²) >= 11 is 0. The SMILES string of the molecule is NCC(CN)CC1CCC([N+](=O)[O-])CC1. The molecule has 0 aromatic heterocycles. The van der Waals surface area contributed by atoms with Crippen LogP contribution in [0.1, 0.15) is 32.1 Å². The molecule has 1 saturated carbocycles. The van der Waals surface area contributed by atoms with E-state index in [2.05, 4.69) is 0 Å². The van der Waals surface area contributed by atoms with Crippen LogP contribution in [0.3, 0.4) is 0 Å². The minimum Gasteiger partial charge on any atom is -0.330 e. The summed E-state index contributed by atoms with van der Waals surface area (Å²) in [5, 5.41) is 10.6. The largest absolute Gasteiger partial charge is 0.330 e. The third kappa shape index (κ3) is 3.76. The molecule has 0 aromatic rings. The summed E-state index contributed by atoms with van der Waals surface area (Å²) in [4.78, 5) is 10.4. The van der Waals surface area contributed by atoms with E-state index in [1.54, 1.807) is 0 Å². The van der Waals surface area contributed by atoms with Crippen molar-refractivity contribution in [3.63, 3.8) is 0 Å². The number of nitrogens with zero attached hydrogens (tertiary/aromatic N) is 1. The number of nitro groups is 1. The average molecular weight is 215 g/mol. The maximum absolute atomic E-state index is 10.6. The summed E-state index contributed by atoms with van der Waals surface area (Å²) in [7, 11) is 0. The zero-order valence-electron chi connectivity index (χ0n) is 9.10. The van der Waals surface area contributed by atoms with Crippen LogP contribution < -0.4 is 11.5 Å². The zero-order chi connectivity index (χ0) is 11.3. The standard InChI is InChI=1S/C10H21N3O2/c11-6-9(7-12)5-8-1-3-10(4-2-8)13(14)15/h8-10H,1-7,11-12H2. The van der Waals surface area contributed by atoms with Gasteiger partial charge >= 0.3 is 0 Å². The summed E-state index contributed by atoms with van der Waals surface area (Å²) in [6.45, 7) is 1.26. The van der Waals surface area contributed by atoms with Crippen molar-refractivity contribution in [2.45, 2.75) is 38.1 Å². The van der Waals surface area contributed by atoms with Crippen LogP contribution in [-0.2, 0) is 0 Å². The minimum atomic E-state index is -0.310. The maximum atomic E-state index is 10.6. The summed E-state index contributed by atoms with van der Waals surface area (Å²) in [6, 6.07) is -0.310. The highest BCUT2D eigenvalue weighted by Gasteiger charge is 2.29. The van der Waals surface area contributed by atoms with Gasteiger partial charge in [-0.15, -0.1) is 0 Å². The van der Waals surface area contributed by atoms with Gasteiger partial charge in [-0.1, -0.05) is 0 Å². The first-order chi connectivity index (χ1) is 7.17. The molecule has 5 heteroatoms. The third-order valence-electron chi connectivity index (χ3n) is 3.45. The lowest BCUT2D eigenvalue weighted by atomic mass is 9.81. The van der Waals surface area contributed by atoms with Crippen LogP contribution in [0, 0.1) is 22.0 Å². The van der Waals surface area contributed by atoms with E-state index < -0.39 is 0 Å². The van der Waals surface area contributed by atoms with Gasteiger partial charge in [0, 0.05) is 17.8 Å². The first-order valence-electron chi connectivity index (χ1n) is 5.71. The Morgan fingerprint density at radius 3 is 2.13 bits per heavy atom. The first kappa shape index (κ1) is 12.4. The van der Waals surface area contributed by atoms with E-state index in [4.69, 9.17) is 11.5 Å². The van der Waals surface area contributed by atoms with Gasteiger partial charge in [0.15, 0.2) is 0 Å². The molecule has 1 aliphatic rings. The predicted molar refractivity (Wildman–Crippen MR) is 59.0 cm³/mol. The third-order valence-corrected chi connectivity index (χ3v) is 3.45. The zero-order valence-corrected chi connectivity index (χ0v) is 9.10. The summed E-state index contributed by atoms with van der Waals surface area (Å²) in [6.07, 6.45) is 4.40. The molecule has 88 valence electrons.